The Hall–Kier alpha value is -7.52. The maximum atomic E-state index is 2.50. The first-order valence-corrected chi connectivity index (χ1v) is 22.8. The van der Waals surface area contributed by atoms with Crippen LogP contribution in [0.3, 0.4) is 0 Å². The van der Waals surface area contributed by atoms with E-state index in [1.54, 1.807) is 0 Å². The van der Waals surface area contributed by atoms with Gasteiger partial charge in [0.2, 0.25) is 0 Å². The van der Waals surface area contributed by atoms with Crippen LogP contribution >= 0.6 is 0 Å². The zero-order valence-corrected chi connectivity index (χ0v) is 34.1. The number of hydrogen-bond acceptors (Lipinski definition) is 1. The fourth-order valence-electron chi connectivity index (χ4n) is 9.57. The molecule has 282 valence electrons. The van der Waals surface area contributed by atoms with Crippen molar-refractivity contribution in [2.24, 2.45) is 0 Å². The number of rotatable bonds is 8. The van der Waals surface area contributed by atoms with E-state index in [4.69, 9.17) is 0 Å². The van der Waals surface area contributed by atoms with Crippen molar-refractivity contribution < 1.29 is 0 Å². The molecule has 0 aliphatic carbocycles. The number of nitrogens with zero attached hydrogens (tertiary/aromatic N) is 1. The molecule has 0 unspecified atom stereocenters. The Morgan fingerprint density at radius 2 is 0.700 bits per heavy atom. The molecule has 0 bridgehead atoms. The maximum Gasteiger partial charge on any atom is 0.180 e. The summed E-state index contributed by atoms with van der Waals surface area (Å²) in [6.07, 6.45) is 0. The van der Waals surface area contributed by atoms with Crippen LogP contribution in [0.1, 0.15) is 0 Å². The zero-order chi connectivity index (χ0) is 39.9. The molecule has 0 saturated carbocycles. The lowest BCUT2D eigenvalue weighted by molar-refractivity contribution is 1.28. The molecule has 10 aromatic carbocycles. The number of fused-ring (bicyclic) bond motifs is 4. The van der Waals surface area contributed by atoms with Crippen molar-refractivity contribution in [3.05, 3.63) is 249 Å². The molecular weight excluding hydrogens is 739 g/mol. The van der Waals surface area contributed by atoms with Gasteiger partial charge in [0.05, 0.1) is 0 Å². The van der Waals surface area contributed by atoms with E-state index in [-0.39, 0.29) is 0 Å². The van der Waals surface area contributed by atoms with Crippen LogP contribution in [0.25, 0.3) is 55.3 Å². The number of anilines is 3. The highest BCUT2D eigenvalue weighted by Gasteiger charge is 2.48. The Labute approximate surface area is 353 Å². The van der Waals surface area contributed by atoms with E-state index in [2.05, 4.69) is 254 Å². The minimum atomic E-state index is -2.59. The van der Waals surface area contributed by atoms with Crippen molar-refractivity contribution >= 4 is 56.7 Å². The van der Waals surface area contributed by atoms with Crippen molar-refractivity contribution in [3.8, 4) is 44.5 Å². The van der Waals surface area contributed by atoms with E-state index in [0.29, 0.717) is 0 Å². The lowest BCUT2D eigenvalue weighted by Gasteiger charge is -2.31. The molecule has 0 atom stereocenters. The summed E-state index contributed by atoms with van der Waals surface area (Å²) in [4.78, 5) is 2.37. The van der Waals surface area contributed by atoms with E-state index in [1.165, 1.54) is 76.0 Å². The lowest BCUT2D eigenvalue weighted by Crippen LogP contribution is -2.72. The van der Waals surface area contributed by atoms with E-state index in [0.717, 1.165) is 17.1 Å². The molecule has 60 heavy (non-hydrogen) atoms. The first-order chi connectivity index (χ1) is 29.8. The van der Waals surface area contributed by atoms with Crippen molar-refractivity contribution in [1.29, 1.82) is 0 Å². The van der Waals surface area contributed by atoms with E-state index >= 15 is 0 Å². The summed E-state index contributed by atoms with van der Waals surface area (Å²) in [6.45, 7) is 0. The summed E-state index contributed by atoms with van der Waals surface area (Å²) in [6, 6.07) is 91.7. The Bertz CT molecular complexity index is 3060. The largest absolute Gasteiger partial charge is 0.311 e. The van der Waals surface area contributed by atoms with E-state index in [1.807, 2.05) is 0 Å². The topological polar surface area (TPSA) is 3.24 Å². The van der Waals surface area contributed by atoms with Crippen molar-refractivity contribution in [3.63, 3.8) is 0 Å². The second-order valence-electron chi connectivity index (χ2n) is 15.7. The maximum absolute atomic E-state index is 2.59. The third-order valence-electron chi connectivity index (χ3n) is 12.4. The Kier molecular flexibility index (Phi) is 8.91. The summed E-state index contributed by atoms with van der Waals surface area (Å²) in [7, 11) is -2.59. The second-order valence-corrected chi connectivity index (χ2v) is 19.4. The molecule has 0 aromatic heterocycles. The minimum absolute atomic E-state index is 1.11. The zero-order valence-electron chi connectivity index (χ0n) is 33.1. The van der Waals surface area contributed by atoms with Gasteiger partial charge >= 0.3 is 0 Å². The molecule has 0 saturated heterocycles. The third-order valence-corrected chi connectivity index (χ3v) is 17.2. The van der Waals surface area contributed by atoms with Crippen molar-refractivity contribution in [2.75, 3.05) is 4.90 Å². The highest BCUT2D eigenvalue weighted by molar-refractivity contribution is 7.22. The Morgan fingerprint density at radius 1 is 0.267 bits per heavy atom. The molecule has 0 amide bonds. The van der Waals surface area contributed by atoms with Crippen LogP contribution < -0.4 is 25.6 Å². The average molecular weight is 780 g/mol. The summed E-state index contributed by atoms with van der Waals surface area (Å²) in [5.74, 6) is 0. The van der Waals surface area contributed by atoms with Gasteiger partial charge in [-0.1, -0.05) is 212 Å². The van der Waals surface area contributed by atoms with Gasteiger partial charge in [0.15, 0.2) is 8.07 Å². The summed E-state index contributed by atoms with van der Waals surface area (Å²) >= 11 is 0. The highest BCUT2D eigenvalue weighted by atomic mass is 28.3. The molecule has 0 radical (unpaired) electrons. The lowest BCUT2D eigenvalue weighted by atomic mass is 9.98. The van der Waals surface area contributed by atoms with Crippen molar-refractivity contribution in [2.45, 2.75) is 0 Å². The Morgan fingerprint density at radius 3 is 1.33 bits per heavy atom. The predicted molar refractivity (Wildman–Crippen MR) is 258 cm³/mol. The van der Waals surface area contributed by atoms with Crippen LogP contribution in [0.15, 0.2) is 249 Å². The molecule has 0 fully saturated rings. The van der Waals surface area contributed by atoms with Gasteiger partial charge in [0.25, 0.3) is 0 Å². The summed E-state index contributed by atoms with van der Waals surface area (Å²) < 4.78 is 0. The summed E-state index contributed by atoms with van der Waals surface area (Å²) in [5.41, 5.74) is 13.3. The quantitative estimate of drug-likeness (QED) is 0.139. The first kappa shape index (κ1) is 35.6. The van der Waals surface area contributed by atoms with Crippen LogP contribution in [0.5, 0.6) is 0 Å². The van der Waals surface area contributed by atoms with Crippen LogP contribution in [-0.4, -0.2) is 8.07 Å². The van der Waals surface area contributed by atoms with Gasteiger partial charge in [-0.05, 0) is 112 Å². The molecule has 2 heteroatoms. The number of benzene rings is 10. The second kappa shape index (κ2) is 15.0. The normalized spacial score (nSPS) is 12.5. The first-order valence-electron chi connectivity index (χ1n) is 20.8. The van der Waals surface area contributed by atoms with Gasteiger partial charge in [-0.15, -0.1) is 0 Å². The Balaban J connectivity index is 1.01. The molecule has 0 N–H and O–H groups in total. The van der Waals surface area contributed by atoms with Gasteiger partial charge < -0.3 is 4.90 Å². The molecule has 1 aliphatic heterocycles. The van der Waals surface area contributed by atoms with Crippen LogP contribution in [0.2, 0.25) is 0 Å². The molecular formula is C58H41NSi. The average Bonchev–Trinajstić information content (AvgIpc) is 3.63. The van der Waals surface area contributed by atoms with Crippen molar-refractivity contribution in [1.82, 2.24) is 0 Å². The summed E-state index contributed by atoms with van der Waals surface area (Å²) in [5, 5.41) is 8.25. The van der Waals surface area contributed by atoms with Gasteiger partial charge in [0, 0.05) is 17.1 Å². The predicted octanol–water partition coefficient (Wildman–Crippen LogP) is 12.7. The fourth-order valence-corrected chi connectivity index (χ4v) is 14.8. The monoisotopic (exact) mass is 779 g/mol. The van der Waals surface area contributed by atoms with Crippen LogP contribution in [0.4, 0.5) is 17.1 Å². The van der Waals surface area contributed by atoms with E-state index in [9.17, 15) is 0 Å². The minimum Gasteiger partial charge on any atom is -0.311 e. The SMILES string of the molecule is c1ccc(-c2ccc(N(c3ccc(-c4ccc5c(c4)[Si](c4ccccc4)(c4ccccc4)c4ccccc4-5)cc3)c3ccc(-c4cccc5ccccc45)cc3)cc2)cc1. The van der Waals surface area contributed by atoms with Gasteiger partial charge in [-0.2, -0.15) is 0 Å². The van der Waals surface area contributed by atoms with E-state index < -0.39 is 8.07 Å². The van der Waals surface area contributed by atoms with Crippen LogP contribution in [-0.2, 0) is 0 Å². The van der Waals surface area contributed by atoms with Gasteiger partial charge in [-0.3, -0.25) is 0 Å². The standard InChI is InChI=1S/C58H41NSi/c1-4-15-42(16-5-1)43-27-34-48(35-28-43)59(50-38-31-46(32-39-50)54-25-14-18-45-17-10-11-23-53(45)54)49-36-29-44(30-37-49)47-33-40-56-55-24-12-13-26-57(55)60(58(56)41-47,51-19-6-2-7-20-51)52-21-8-3-9-22-52/h1-41H. The molecule has 1 aliphatic rings. The van der Waals surface area contributed by atoms with Crippen LogP contribution in [0, 0.1) is 0 Å². The van der Waals surface area contributed by atoms with Gasteiger partial charge in [0.1, 0.15) is 0 Å². The third kappa shape index (κ3) is 6.00. The molecule has 10 aromatic rings. The number of hydrogen-bond donors (Lipinski definition) is 0. The smallest absolute Gasteiger partial charge is 0.180 e. The molecule has 11 rings (SSSR count). The molecule has 1 nitrogen and oxygen atoms in total. The van der Waals surface area contributed by atoms with Gasteiger partial charge in [-0.25, -0.2) is 0 Å². The molecule has 1 heterocycles. The fraction of sp³-hybridized carbons (Fsp3) is 0. The highest BCUT2D eigenvalue weighted by Crippen LogP contribution is 2.39. The molecule has 0 spiro atoms.